The van der Waals surface area contributed by atoms with Crippen molar-refractivity contribution >= 4 is 17.7 Å². The highest BCUT2D eigenvalue weighted by atomic mass is 19.1. The van der Waals surface area contributed by atoms with Gasteiger partial charge in [0.15, 0.2) is 5.78 Å². The summed E-state index contributed by atoms with van der Waals surface area (Å²) in [7, 11) is 0. The van der Waals surface area contributed by atoms with E-state index in [0.29, 0.717) is 16.9 Å². The van der Waals surface area contributed by atoms with Gasteiger partial charge >= 0.3 is 0 Å². The van der Waals surface area contributed by atoms with Crippen LogP contribution in [0.25, 0.3) is 11.1 Å². The lowest BCUT2D eigenvalue weighted by atomic mass is 9.97. The molecule has 0 bridgehead atoms. The second-order valence-corrected chi connectivity index (χ2v) is 6.24. The summed E-state index contributed by atoms with van der Waals surface area (Å²) in [6, 6.07) is 5.05. The van der Waals surface area contributed by atoms with Crippen molar-refractivity contribution in [3.8, 4) is 11.1 Å². The Balaban J connectivity index is 1.92. The number of carbonyl (C=O) groups excluding carboxylic acids is 1. The van der Waals surface area contributed by atoms with Gasteiger partial charge in [-0.15, -0.1) is 0 Å². The first kappa shape index (κ1) is 16.3. The molecule has 4 nitrogen and oxygen atoms in total. The Morgan fingerprint density at radius 1 is 1.38 bits per heavy atom. The van der Waals surface area contributed by atoms with Crippen LogP contribution >= 0.6 is 0 Å². The predicted molar refractivity (Wildman–Crippen MR) is 93.2 cm³/mol. The van der Waals surface area contributed by atoms with Crippen LogP contribution in [0.3, 0.4) is 0 Å². The average molecular weight is 325 g/mol. The second kappa shape index (κ2) is 6.51. The highest BCUT2D eigenvalue weighted by Gasteiger charge is 2.29. The van der Waals surface area contributed by atoms with Crippen molar-refractivity contribution in [2.24, 2.45) is 5.92 Å². The number of aromatic nitrogens is 1. The van der Waals surface area contributed by atoms with Gasteiger partial charge in [-0.25, -0.2) is 4.39 Å². The largest absolute Gasteiger partial charge is 0.376 e. The highest BCUT2D eigenvalue weighted by molar-refractivity contribution is 5.90. The number of hydrogen-bond acceptors (Lipinski definition) is 4. The van der Waals surface area contributed by atoms with Gasteiger partial charge in [-0.1, -0.05) is 6.07 Å². The van der Waals surface area contributed by atoms with E-state index in [1.54, 1.807) is 19.2 Å². The monoisotopic (exact) mass is 325 g/mol. The zero-order chi connectivity index (χ0) is 17.3. The van der Waals surface area contributed by atoms with E-state index in [4.69, 9.17) is 5.41 Å². The Morgan fingerprint density at radius 3 is 2.79 bits per heavy atom. The molecule has 0 spiro atoms. The van der Waals surface area contributed by atoms with E-state index in [1.807, 2.05) is 13.0 Å². The first-order chi connectivity index (χ1) is 11.5. The molecule has 1 aromatic carbocycles. The molecule has 0 unspecified atom stereocenters. The molecule has 0 radical (unpaired) electrons. The maximum Gasteiger partial charge on any atom is 0.154 e. The molecule has 1 aromatic heterocycles. The standard InChI is InChI=1S/C19H20FN3O/c1-11-12(2)16(20)6-5-15(11)14-7-17(18(8-21)22-9-14)23-10-19(24)13-3-4-13/h5-9,13,21,23H,3-4,10H2,1-2H3. The Labute approximate surface area is 140 Å². The van der Waals surface area contributed by atoms with Crippen molar-refractivity contribution in [1.29, 1.82) is 5.41 Å². The number of hydrogen-bond donors (Lipinski definition) is 2. The first-order valence-corrected chi connectivity index (χ1v) is 8.04. The summed E-state index contributed by atoms with van der Waals surface area (Å²) in [6.07, 6.45) is 4.79. The second-order valence-electron chi connectivity index (χ2n) is 6.24. The Morgan fingerprint density at radius 2 is 2.12 bits per heavy atom. The molecular formula is C19H20FN3O. The van der Waals surface area contributed by atoms with Gasteiger partial charge in [0.2, 0.25) is 0 Å². The molecule has 1 heterocycles. The fourth-order valence-electron chi connectivity index (χ4n) is 2.71. The van der Waals surface area contributed by atoms with Crippen LogP contribution < -0.4 is 5.32 Å². The van der Waals surface area contributed by atoms with Gasteiger partial charge in [-0.05, 0) is 55.5 Å². The summed E-state index contributed by atoms with van der Waals surface area (Å²) in [4.78, 5) is 16.2. The maximum atomic E-state index is 13.7. The number of nitrogens with zero attached hydrogens (tertiary/aromatic N) is 1. The van der Waals surface area contributed by atoms with Gasteiger partial charge in [0.1, 0.15) is 11.5 Å². The van der Waals surface area contributed by atoms with E-state index in [1.165, 1.54) is 6.07 Å². The zero-order valence-electron chi connectivity index (χ0n) is 13.8. The number of ketones is 1. The molecule has 1 saturated carbocycles. The molecule has 1 fully saturated rings. The number of rotatable bonds is 6. The SMILES string of the molecule is Cc1c(F)ccc(-c2cnc(C=N)c(NCC(=O)C3CC3)c2)c1C. The number of halogens is 1. The number of Topliss-reactive ketones (excluding diaryl/α,β-unsaturated/α-hetero) is 1. The zero-order valence-corrected chi connectivity index (χ0v) is 13.8. The van der Waals surface area contributed by atoms with Crippen LogP contribution in [0.2, 0.25) is 0 Å². The smallest absolute Gasteiger partial charge is 0.154 e. The van der Waals surface area contributed by atoms with Crippen molar-refractivity contribution in [2.75, 3.05) is 11.9 Å². The fraction of sp³-hybridized carbons (Fsp3) is 0.316. The molecule has 1 aliphatic carbocycles. The lowest BCUT2D eigenvalue weighted by Crippen LogP contribution is -2.16. The number of carbonyl (C=O) groups is 1. The van der Waals surface area contributed by atoms with Gasteiger partial charge in [0.05, 0.1) is 12.2 Å². The van der Waals surface area contributed by atoms with E-state index >= 15 is 0 Å². The molecule has 0 amide bonds. The first-order valence-electron chi connectivity index (χ1n) is 8.04. The number of anilines is 1. The normalized spacial score (nSPS) is 13.6. The van der Waals surface area contributed by atoms with Crippen LogP contribution in [0.15, 0.2) is 24.4 Å². The van der Waals surface area contributed by atoms with Crippen LogP contribution in [-0.4, -0.2) is 23.5 Å². The summed E-state index contributed by atoms with van der Waals surface area (Å²) >= 11 is 0. The molecule has 124 valence electrons. The van der Waals surface area contributed by atoms with Crippen LogP contribution in [-0.2, 0) is 4.79 Å². The minimum atomic E-state index is -0.228. The van der Waals surface area contributed by atoms with Crippen molar-refractivity contribution in [2.45, 2.75) is 26.7 Å². The quantitative estimate of drug-likeness (QED) is 0.792. The van der Waals surface area contributed by atoms with Gasteiger partial charge in [0.25, 0.3) is 0 Å². The Kier molecular flexibility index (Phi) is 4.42. The van der Waals surface area contributed by atoms with Crippen molar-refractivity contribution in [3.63, 3.8) is 0 Å². The third kappa shape index (κ3) is 3.20. The summed E-state index contributed by atoms with van der Waals surface area (Å²) in [5.74, 6) is 0.165. The van der Waals surface area contributed by atoms with Crippen molar-refractivity contribution < 1.29 is 9.18 Å². The molecule has 0 aliphatic heterocycles. The summed E-state index contributed by atoms with van der Waals surface area (Å²) < 4.78 is 13.7. The third-order valence-electron chi connectivity index (χ3n) is 4.57. The molecule has 0 atom stereocenters. The lowest BCUT2D eigenvalue weighted by Gasteiger charge is -2.13. The van der Waals surface area contributed by atoms with Crippen LogP contribution in [0.5, 0.6) is 0 Å². The predicted octanol–water partition coefficient (Wildman–Crippen LogP) is 3.89. The number of benzene rings is 1. The fourth-order valence-corrected chi connectivity index (χ4v) is 2.71. The van der Waals surface area contributed by atoms with Crippen LogP contribution in [0.4, 0.5) is 10.1 Å². The molecule has 0 saturated heterocycles. The van der Waals surface area contributed by atoms with E-state index < -0.39 is 0 Å². The molecule has 5 heteroatoms. The van der Waals surface area contributed by atoms with Crippen LogP contribution in [0, 0.1) is 31.0 Å². The molecule has 2 aromatic rings. The van der Waals surface area contributed by atoms with Gasteiger partial charge in [-0.3, -0.25) is 9.78 Å². The molecular weight excluding hydrogens is 305 g/mol. The van der Waals surface area contributed by atoms with E-state index in [-0.39, 0.29) is 24.1 Å². The number of nitrogens with one attached hydrogen (secondary N) is 2. The third-order valence-corrected chi connectivity index (χ3v) is 4.57. The topological polar surface area (TPSA) is 65.8 Å². The average Bonchev–Trinajstić information content (AvgIpc) is 3.42. The van der Waals surface area contributed by atoms with E-state index in [0.717, 1.165) is 35.7 Å². The molecule has 3 rings (SSSR count). The lowest BCUT2D eigenvalue weighted by molar-refractivity contribution is -0.118. The van der Waals surface area contributed by atoms with Gasteiger partial charge < -0.3 is 10.7 Å². The minimum Gasteiger partial charge on any atom is -0.376 e. The van der Waals surface area contributed by atoms with Crippen molar-refractivity contribution in [3.05, 3.63) is 47.0 Å². The minimum absolute atomic E-state index is 0.194. The highest BCUT2D eigenvalue weighted by Crippen LogP contribution is 2.31. The number of pyridine rings is 1. The van der Waals surface area contributed by atoms with Crippen molar-refractivity contribution in [1.82, 2.24) is 4.98 Å². The molecule has 1 aliphatic rings. The summed E-state index contributed by atoms with van der Waals surface area (Å²) in [5, 5.41) is 10.6. The Bertz CT molecular complexity index is 812. The molecule has 2 N–H and O–H groups in total. The van der Waals surface area contributed by atoms with Crippen LogP contribution in [0.1, 0.15) is 29.7 Å². The van der Waals surface area contributed by atoms with Gasteiger partial charge in [-0.2, -0.15) is 0 Å². The Hall–Kier alpha value is -2.56. The summed E-state index contributed by atoms with van der Waals surface area (Å²) in [5.41, 5.74) is 4.34. The van der Waals surface area contributed by atoms with Gasteiger partial charge in [0, 0.05) is 23.9 Å². The maximum absolute atomic E-state index is 13.7. The summed E-state index contributed by atoms with van der Waals surface area (Å²) in [6.45, 7) is 3.88. The molecule has 24 heavy (non-hydrogen) atoms. The van der Waals surface area contributed by atoms with E-state index in [9.17, 15) is 9.18 Å². The van der Waals surface area contributed by atoms with E-state index in [2.05, 4.69) is 10.3 Å².